The number of carbonyl (C=O) groups is 3. The molecule has 5 aliphatic rings. The second-order valence-corrected chi connectivity index (χ2v) is 13.0. The van der Waals surface area contributed by atoms with E-state index in [1.807, 2.05) is 6.08 Å². The minimum absolute atomic E-state index is 0.0291. The molecule has 226 valence electrons. The fourth-order valence-electron chi connectivity index (χ4n) is 8.83. The predicted octanol–water partition coefficient (Wildman–Crippen LogP) is 3.30. The molecule has 2 aliphatic heterocycles. The quantitative estimate of drug-likeness (QED) is 0.204. The summed E-state index contributed by atoms with van der Waals surface area (Å²) < 4.78 is 17.6. The first-order valence-electron chi connectivity index (χ1n) is 15.1. The standard InChI is InChI=1S/C32H44O9/c1-5-6-7-8-9-10-11-12-13-14-23(34)41-25-24-19(3)26(35)32(38)29-30(4)20(18(2)15-21(33)27(30)36)16-22(40-28(25)37)31(24,29)17-39-32/h12-13,15,20,22,24-27,29,35-36,38H,3,5-11,14,16-17H2,1-2,4H3/b13-12-/t20-,22+,24-,25+,26-,27+,29-,30+,31-,32+/m0/s1. The van der Waals surface area contributed by atoms with Crippen molar-refractivity contribution in [3.8, 4) is 0 Å². The van der Waals surface area contributed by atoms with Crippen LogP contribution in [0, 0.1) is 28.6 Å². The largest absolute Gasteiger partial charge is 0.459 e. The van der Waals surface area contributed by atoms with Gasteiger partial charge in [0.05, 0.1) is 18.4 Å². The summed E-state index contributed by atoms with van der Waals surface area (Å²) in [7, 11) is 0. The van der Waals surface area contributed by atoms with Gasteiger partial charge in [0.2, 0.25) is 6.10 Å². The minimum Gasteiger partial charge on any atom is -0.459 e. The van der Waals surface area contributed by atoms with Crippen LogP contribution < -0.4 is 0 Å². The second-order valence-electron chi connectivity index (χ2n) is 13.0. The molecule has 3 N–H and O–H groups in total. The Morgan fingerprint density at radius 1 is 1.15 bits per heavy atom. The zero-order valence-electron chi connectivity index (χ0n) is 24.3. The van der Waals surface area contributed by atoms with Crippen molar-refractivity contribution < 1.29 is 43.9 Å². The molecule has 5 rings (SSSR count). The van der Waals surface area contributed by atoms with E-state index in [1.54, 1.807) is 19.9 Å². The summed E-state index contributed by atoms with van der Waals surface area (Å²) in [6, 6.07) is 0. The van der Waals surface area contributed by atoms with Crippen molar-refractivity contribution in [2.75, 3.05) is 6.61 Å². The molecule has 4 fully saturated rings. The van der Waals surface area contributed by atoms with Crippen LogP contribution >= 0.6 is 0 Å². The third kappa shape index (κ3) is 4.46. The monoisotopic (exact) mass is 572 g/mol. The van der Waals surface area contributed by atoms with E-state index in [0.717, 1.165) is 19.3 Å². The van der Waals surface area contributed by atoms with Crippen molar-refractivity contribution >= 4 is 17.7 Å². The van der Waals surface area contributed by atoms with Crippen LogP contribution in [0.3, 0.4) is 0 Å². The van der Waals surface area contributed by atoms with Gasteiger partial charge in [-0.2, -0.15) is 0 Å². The molecule has 9 nitrogen and oxygen atoms in total. The van der Waals surface area contributed by atoms with Crippen LogP contribution in [-0.2, 0) is 28.6 Å². The Bertz CT molecular complexity index is 1160. The molecule has 2 saturated carbocycles. The fourth-order valence-corrected chi connectivity index (χ4v) is 8.83. The molecule has 2 heterocycles. The van der Waals surface area contributed by atoms with Crippen molar-refractivity contribution in [3.63, 3.8) is 0 Å². The highest BCUT2D eigenvalue weighted by atomic mass is 16.7. The van der Waals surface area contributed by atoms with Gasteiger partial charge in [0.1, 0.15) is 18.3 Å². The van der Waals surface area contributed by atoms with Gasteiger partial charge in [0, 0.05) is 17.3 Å². The van der Waals surface area contributed by atoms with E-state index in [1.165, 1.54) is 31.8 Å². The van der Waals surface area contributed by atoms with Crippen molar-refractivity contribution in [2.24, 2.45) is 28.6 Å². The summed E-state index contributed by atoms with van der Waals surface area (Å²) in [6.07, 6.45) is 7.98. The van der Waals surface area contributed by atoms with Crippen LogP contribution in [0.4, 0.5) is 0 Å². The number of hydrogen-bond acceptors (Lipinski definition) is 9. The van der Waals surface area contributed by atoms with Gasteiger partial charge < -0.3 is 29.5 Å². The molecule has 3 aliphatic carbocycles. The number of carbonyl (C=O) groups excluding carboxylic acids is 3. The molecule has 0 aromatic carbocycles. The molecule has 0 radical (unpaired) electrons. The zero-order valence-corrected chi connectivity index (χ0v) is 24.3. The first-order chi connectivity index (χ1) is 19.4. The van der Waals surface area contributed by atoms with Crippen LogP contribution in [0.15, 0.2) is 36.0 Å². The molecule has 41 heavy (non-hydrogen) atoms. The lowest BCUT2D eigenvalue weighted by atomic mass is 9.38. The summed E-state index contributed by atoms with van der Waals surface area (Å²) in [4.78, 5) is 39.2. The second kappa shape index (κ2) is 11.1. The molecule has 2 bridgehead atoms. The lowest BCUT2D eigenvalue weighted by Gasteiger charge is -2.67. The normalized spacial score (nSPS) is 42.9. The number of fused-ring (bicyclic) bond motifs is 1. The van der Waals surface area contributed by atoms with Gasteiger partial charge in [-0.1, -0.05) is 70.3 Å². The summed E-state index contributed by atoms with van der Waals surface area (Å²) in [5.74, 6) is -6.38. The smallest absolute Gasteiger partial charge is 0.348 e. The maximum atomic E-state index is 13.4. The first-order valence-corrected chi connectivity index (χ1v) is 15.1. The van der Waals surface area contributed by atoms with E-state index >= 15 is 0 Å². The van der Waals surface area contributed by atoms with E-state index in [-0.39, 0.29) is 25.0 Å². The van der Waals surface area contributed by atoms with Gasteiger partial charge in [-0.05, 0) is 43.8 Å². The molecule has 0 aromatic heterocycles. The SMILES string of the molecule is C=C1[C@H](O)[C@@]2(O)OC[C@@]34[C@@H](C[C@H]5C(C)=CC(=O)[C@@H](O)[C@]5(C)[C@H]23)OC(=O)[C@H](OC(=O)C/C=C\CCCCCCCC)[C@H]14. The van der Waals surface area contributed by atoms with Crippen LogP contribution in [0.25, 0.3) is 0 Å². The third-order valence-electron chi connectivity index (χ3n) is 10.7. The Hall–Kier alpha value is -2.33. The molecular weight excluding hydrogens is 528 g/mol. The Morgan fingerprint density at radius 2 is 1.85 bits per heavy atom. The van der Waals surface area contributed by atoms with Crippen molar-refractivity contribution in [2.45, 2.75) is 109 Å². The maximum Gasteiger partial charge on any atom is 0.348 e. The number of ether oxygens (including phenoxy) is 3. The van der Waals surface area contributed by atoms with Crippen molar-refractivity contribution in [3.05, 3.63) is 36.0 Å². The highest BCUT2D eigenvalue weighted by Gasteiger charge is 2.83. The Balaban J connectivity index is 1.38. The number of allylic oxidation sites excluding steroid dienone is 2. The molecule has 0 aromatic rings. The van der Waals surface area contributed by atoms with Gasteiger partial charge in [0.15, 0.2) is 11.6 Å². The molecule has 10 atom stereocenters. The predicted molar refractivity (Wildman–Crippen MR) is 148 cm³/mol. The number of rotatable bonds is 10. The van der Waals surface area contributed by atoms with E-state index in [2.05, 4.69) is 13.5 Å². The Kier molecular flexibility index (Phi) is 8.13. The van der Waals surface area contributed by atoms with Crippen LogP contribution in [0.1, 0.15) is 78.6 Å². The van der Waals surface area contributed by atoms with E-state index in [0.29, 0.717) is 5.57 Å². The van der Waals surface area contributed by atoms with Crippen molar-refractivity contribution in [1.82, 2.24) is 0 Å². The number of hydrogen-bond donors (Lipinski definition) is 3. The van der Waals surface area contributed by atoms with Gasteiger partial charge in [-0.15, -0.1) is 0 Å². The van der Waals surface area contributed by atoms with Gasteiger partial charge >= 0.3 is 11.9 Å². The minimum atomic E-state index is -2.17. The van der Waals surface area contributed by atoms with Crippen LogP contribution in [0.5, 0.6) is 0 Å². The van der Waals surface area contributed by atoms with Gasteiger partial charge in [-0.25, -0.2) is 4.79 Å². The van der Waals surface area contributed by atoms with Gasteiger partial charge in [-0.3, -0.25) is 9.59 Å². The van der Waals surface area contributed by atoms with Crippen LogP contribution in [-0.4, -0.2) is 69.9 Å². The lowest BCUT2D eigenvalue weighted by Crippen LogP contribution is -2.76. The molecule has 9 heteroatoms. The highest BCUT2D eigenvalue weighted by Crippen LogP contribution is 2.73. The lowest BCUT2D eigenvalue weighted by molar-refractivity contribution is -0.311. The highest BCUT2D eigenvalue weighted by molar-refractivity contribution is 5.96. The third-order valence-corrected chi connectivity index (χ3v) is 10.7. The number of ketones is 1. The Labute approximate surface area is 241 Å². The van der Waals surface area contributed by atoms with Crippen molar-refractivity contribution in [1.29, 1.82) is 0 Å². The fraction of sp³-hybridized carbons (Fsp3) is 0.719. The summed E-state index contributed by atoms with van der Waals surface area (Å²) in [6.45, 7) is 9.60. The molecule has 0 amide bonds. The number of aliphatic hydroxyl groups is 3. The zero-order chi connectivity index (χ0) is 29.7. The topological polar surface area (TPSA) is 140 Å². The summed E-state index contributed by atoms with van der Waals surface area (Å²) >= 11 is 0. The average molecular weight is 573 g/mol. The molecular formula is C32H44O9. The van der Waals surface area contributed by atoms with E-state index < -0.39 is 76.5 Å². The summed E-state index contributed by atoms with van der Waals surface area (Å²) in [5.41, 5.74) is -1.59. The number of unbranched alkanes of at least 4 members (excludes halogenated alkanes) is 6. The Morgan fingerprint density at radius 3 is 2.59 bits per heavy atom. The first kappa shape index (κ1) is 30.1. The molecule has 1 spiro atoms. The molecule has 2 saturated heterocycles. The summed E-state index contributed by atoms with van der Waals surface area (Å²) in [5, 5.41) is 34.5. The van der Waals surface area contributed by atoms with Gasteiger partial charge in [0.25, 0.3) is 0 Å². The van der Waals surface area contributed by atoms with E-state index in [9.17, 15) is 29.7 Å². The average Bonchev–Trinajstić information content (AvgIpc) is 3.22. The van der Waals surface area contributed by atoms with E-state index in [4.69, 9.17) is 14.2 Å². The maximum absolute atomic E-state index is 13.4. The van der Waals surface area contributed by atoms with Crippen LogP contribution in [0.2, 0.25) is 0 Å². The number of aliphatic hydroxyl groups excluding tert-OH is 2. The number of esters is 2. The molecule has 0 unspecified atom stereocenters.